The Morgan fingerprint density at radius 1 is 1.41 bits per heavy atom. The molecule has 1 aromatic heterocycles. The number of hydrazone groups is 1. The average Bonchev–Trinajstić information content (AvgIpc) is 2.89. The summed E-state index contributed by atoms with van der Waals surface area (Å²) in [6, 6.07) is 4.73. The van der Waals surface area contributed by atoms with Gasteiger partial charge in [0.1, 0.15) is 5.82 Å². The number of benzene rings is 1. The summed E-state index contributed by atoms with van der Waals surface area (Å²) in [5, 5.41) is 5.15. The van der Waals surface area contributed by atoms with Crippen molar-refractivity contribution in [2.75, 3.05) is 0 Å². The summed E-state index contributed by atoms with van der Waals surface area (Å²) >= 11 is 0. The number of carbonyl (C=O) groups excluding carboxylic acids is 1. The van der Waals surface area contributed by atoms with E-state index < -0.39 is 0 Å². The zero-order valence-corrected chi connectivity index (χ0v) is 12.7. The Balaban J connectivity index is 1.91. The van der Waals surface area contributed by atoms with Crippen LogP contribution in [0, 0.1) is 5.82 Å². The first-order valence-electron chi connectivity index (χ1n) is 7.85. The van der Waals surface area contributed by atoms with E-state index in [9.17, 15) is 9.18 Å². The second-order valence-electron chi connectivity index (χ2n) is 5.72. The Morgan fingerprint density at radius 3 is 3.09 bits per heavy atom. The predicted molar refractivity (Wildman–Crippen MR) is 85.4 cm³/mol. The van der Waals surface area contributed by atoms with Crippen molar-refractivity contribution in [3.63, 3.8) is 0 Å². The lowest BCUT2D eigenvalue weighted by molar-refractivity contribution is -0.121. The normalized spacial score (nSPS) is 16.0. The van der Waals surface area contributed by atoms with Gasteiger partial charge in [0.05, 0.1) is 5.71 Å². The van der Waals surface area contributed by atoms with E-state index in [-0.39, 0.29) is 11.7 Å². The molecule has 1 aromatic carbocycles. The lowest BCUT2D eigenvalue weighted by Crippen LogP contribution is -2.21. The molecule has 0 fully saturated rings. The Hall–Kier alpha value is -2.17. The largest absolute Gasteiger partial charge is 0.358 e. The Morgan fingerprint density at radius 2 is 2.27 bits per heavy atom. The number of aromatic amines is 1. The second kappa shape index (κ2) is 6.30. The van der Waals surface area contributed by atoms with Gasteiger partial charge in [-0.25, -0.2) is 9.82 Å². The minimum atomic E-state index is -0.258. The molecule has 4 nitrogen and oxygen atoms in total. The van der Waals surface area contributed by atoms with E-state index in [0.717, 1.165) is 60.0 Å². The Bertz CT molecular complexity index is 733. The molecular formula is C17H20FN3O. The molecule has 1 aliphatic rings. The summed E-state index contributed by atoms with van der Waals surface area (Å²) in [5.41, 5.74) is 6.42. The van der Waals surface area contributed by atoms with Crippen LogP contribution in [0.4, 0.5) is 4.39 Å². The third-order valence-corrected chi connectivity index (χ3v) is 4.04. The van der Waals surface area contributed by atoms with Crippen LogP contribution in [0.5, 0.6) is 0 Å². The van der Waals surface area contributed by atoms with Gasteiger partial charge >= 0.3 is 0 Å². The fraction of sp³-hybridized carbons (Fsp3) is 0.412. The van der Waals surface area contributed by atoms with E-state index in [2.05, 4.69) is 15.5 Å². The average molecular weight is 301 g/mol. The van der Waals surface area contributed by atoms with Gasteiger partial charge in [-0.1, -0.05) is 13.3 Å². The van der Waals surface area contributed by atoms with Crippen LogP contribution < -0.4 is 5.43 Å². The monoisotopic (exact) mass is 301 g/mol. The topological polar surface area (TPSA) is 57.2 Å². The molecule has 0 radical (unpaired) electrons. The highest BCUT2D eigenvalue weighted by molar-refractivity contribution is 6.12. The summed E-state index contributed by atoms with van der Waals surface area (Å²) < 4.78 is 13.5. The summed E-state index contributed by atoms with van der Waals surface area (Å²) in [4.78, 5) is 15.1. The summed E-state index contributed by atoms with van der Waals surface area (Å²) in [6.07, 6.45) is 5.03. The number of unbranched alkanes of at least 4 members (excludes halogenated alkanes) is 1. The molecule has 0 atom stereocenters. The maximum atomic E-state index is 13.5. The van der Waals surface area contributed by atoms with Crippen molar-refractivity contribution in [3.05, 3.63) is 35.3 Å². The maximum Gasteiger partial charge on any atom is 0.240 e. The zero-order valence-electron chi connectivity index (χ0n) is 12.7. The van der Waals surface area contributed by atoms with Crippen molar-refractivity contribution >= 4 is 22.5 Å². The number of hydrogen-bond donors (Lipinski definition) is 2. The van der Waals surface area contributed by atoms with E-state index in [1.165, 1.54) is 12.1 Å². The SMILES string of the molecule is CCCCC(=O)NN=C1CCCc2[nH]c3ccc(F)cc3c21. The van der Waals surface area contributed by atoms with Crippen LogP contribution in [-0.4, -0.2) is 16.6 Å². The highest BCUT2D eigenvalue weighted by Crippen LogP contribution is 2.29. The van der Waals surface area contributed by atoms with E-state index in [0.29, 0.717) is 6.42 Å². The Labute approximate surface area is 128 Å². The van der Waals surface area contributed by atoms with Gasteiger partial charge in [-0.2, -0.15) is 5.10 Å². The lowest BCUT2D eigenvalue weighted by atomic mass is 9.93. The van der Waals surface area contributed by atoms with Crippen LogP contribution in [0.3, 0.4) is 0 Å². The number of nitrogens with one attached hydrogen (secondary N) is 2. The summed E-state index contributed by atoms with van der Waals surface area (Å²) in [7, 11) is 0. The number of hydrogen-bond acceptors (Lipinski definition) is 2. The number of aromatic nitrogens is 1. The molecule has 2 N–H and O–H groups in total. The van der Waals surface area contributed by atoms with Crippen molar-refractivity contribution < 1.29 is 9.18 Å². The van der Waals surface area contributed by atoms with Crippen molar-refractivity contribution in [1.82, 2.24) is 10.4 Å². The zero-order chi connectivity index (χ0) is 15.5. The van der Waals surface area contributed by atoms with Gasteiger partial charge in [0.25, 0.3) is 0 Å². The van der Waals surface area contributed by atoms with E-state index >= 15 is 0 Å². The van der Waals surface area contributed by atoms with Crippen molar-refractivity contribution in [3.8, 4) is 0 Å². The fourth-order valence-electron chi connectivity index (χ4n) is 2.93. The number of halogens is 1. The molecule has 3 rings (SSSR count). The number of amides is 1. The number of nitrogens with zero attached hydrogens (tertiary/aromatic N) is 1. The van der Waals surface area contributed by atoms with Crippen LogP contribution in [-0.2, 0) is 11.2 Å². The van der Waals surface area contributed by atoms with Gasteiger partial charge in [-0.05, 0) is 43.9 Å². The van der Waals surface area contributed by atoms with Gasteiger partial charge in [0.2, 0.25) is 5.91 Å². The lowest BCUT2D eigenvalue weighted by Gasteiger charge is -2.14. The third kappa shape index (κ3) is 2.89. The highest BCUT2D eigenvalue weighted by Gasteiger charge is 2.21. The third-order valence-electron chi connectivity index (χ3n) is 4.04. The number of fused-ring (bicyclic) bond motifs is 3. The predicted octanol–water partition coefficient (Wildman–Crippen LogP) is 3.65. The first kappa shape index (κ1) is 14.8. The van der Waals surface area contributed by atoms with Crippen LogP contribution in [0.1, 0.15) is 50.3 Å². The molecule has 0 unspecified atom stereocenters. The molecule has 5 heteroatoms. The summed E-state index contributed by atoms with van der Waals surface area (Å²) in [6.45, 7) is 2.05. The van der Waals surface area contributed by atoms with Crippen molar-refractivity contribution in [2.45, 2.75) is 45.4 Å². The number of carbonyl (C=O) groups is 1. The smallest absolute Gasteiger partial charge is 0.240 e. The van der Waals surface area contributed by atoms with Gasteiger partial charge in [0, 0.05) is 28.6 Å². The number of H-pyrrole nitrogens is 1. The molecule has 116 valence electrons. The first-order valence-corrected chi connectivity index (χ1v) is 7.85. The summed E-state index contributed by atoms with van der Waals surface area (Å²) in [5.74, 6) is -0.321. The first-order chi connectivity index (χ1) is 10.7. The van der Waals surface area contributed by atoms with Crippen LogP contribution >= 0.6 is 0 Å². The molecule has 1 amide bonds. The molecule has 22 heavy (non-hydrogen) atoms. The molecule has 1 heterocycles. The van der Waals surface area contributed by atoms with Crippen molar-refractivity contribution in [2.24, 2.45) is 5.10 Å². The fourth-order valence-corrected chi connectivity index (χ4v) is 2.93. The molecule has 0 saturated carbocycles. The van der Waals surface area contributed by atoms with E-state index in [4.69, 9.17) is 0 Å². The highest BCUT2D eigenvalue weighted by atomic mass is 19.1. The van der Waals surface area contributed by atoms with Gasteiger partial charge in [-0.3, -0.25) is 4.79 Å². The van der Waals surface area contributed by atoms with E-state index in [1.54, 1.807) is 6.07 Å². The minimum absolute atomic E-state index is 0.0625. The molecule has 0 saturated heterocycles. The standard InChI is InChI=1S/C17H20FN3O/c1-2-3-7-16(22)21-20-15-6-4-5-14-17(15)12-10-11(18)8-9-13(12)19-14/h8-10,19H,2-7H2,1H3,(H,21,22). The molecule has 2 aromatic rings. The quantitative estimate of drug-likeness (QED) is 0.832. The molecule has 0 aliphatic heterocycles. The Kier molecular flexibility index (Phi) is 4.22. The molecule has 0 bridgehead atoms. The number of aryl methyl sites for hydroxylation is 1. The molecule has 1 aliphatic carbocycles. The van der Waals surface area contributed by atoms with Crippen LogP contribution in [0.2, 0.25) is 0 Å². The second-order valence-corrected chi connectivity index (χ2v) is 5.72. The maximum absolute atomic E-state index is 13.5. The van der Waals surface area contributed by atoms with Crippen molar-refractivity contribution in [1.29, 1.82) is 0 Å². The minimum Gasteiger partial charge on any atom is -0.358 e. The molecule has 0 spiro atoms. The van der Waals surface area contributed by atoms with Gasteiger partial charge in [-0.15, -0.1) is 0 Å². The van der Waals surface area contributed by atoms with Gasteiger partial charge in [0.15, 0.2) is 0 Å². The van der Waals surface area contributed by atoms with Crippen LogP contribution in [0.15, 0.2) is 23.3 Å². The van der Waals surface area contributed by atoms with Gasteiger partial charge < -0.3 is 4.98 Å². The molecular weight excluding hydrogens is 281 g/mol. The van der Waals surface area contributed by atoms with E-state index in [1.807, 2.05) is 6.92 Å². The van der Waals surface area contributed by atoms with Crippen LogP contribution in [0.25, 0.3) is 10.9 Å². The number of rotatable bonds is 4.